The predicted molar refractivity (Wildman–Crippen MR) is 162 cm³/mol. The molecule has 0 fully saturated rings. The summed E-state index contributed by atoms with van der Waals surface area (Å²) in [5.74, 6) is -2.11. The van der Waals surface area contributed by atoms with E-state index in [9.17, 15) is 40.9 Å². The quantitative estimate of drug-likeness (QED) is 0.0536. The predicted octanol–water partition coefficient (Wildman–Crippen LogP) is -1.52. The number of carbonyl (C=O) groups is 1. The van der Waals surface area contributed by atoms with Crippen molar-refractivity contribution in [1.29, 1.82) is 0 Å². The molecule has 43 heavy (non-hydrogen) atoms. The average Bonchev–Trinajstić information content (AvgIpc) is 2.90. The van der Waals surface area contributed by atoms with Crippen molar-refractivity contribution < 1.29 is 100 Å². The molecule has 13 nitrogen and oxygen atoms in total. The monoisotopic (exact) mass is 906 g/mol. The Kier molecular flexibility index (Phi) is 16.4. The van der Waals surface area contributed by atoms with Crippen LogP contribution in [0.3, 0.4) is 0 Å². The van der Waals surface area contributed by atoms with E-state index in [1.165, 1.54) is 18.2 Å². The second kappa shape index (κ2) is 17.2. The number of fused-ring (bicyclic) bond motifs is 1. The molecule has 0 aliphatic carbocycles. The van der Waals surface area contributed by atoms with E-state index in [1.54, 1.807) is 0 Å². The van der Waals surface area contributed by atoms with Crippen LogP contribution in [0.2, 0.25) is 0 Å². The number of nitrogens with one attached hydrogen (secondary N) is 1. The molecule has 0 saturated carbocycles. The van der Waals surface area contributed by atoms with E-state index in [-0.39, 0.29) is 86.6 Å². The molecule has 0 saturated heterocycles. The first-order chi connectivity index (χ1) is 19.1. The molecule has 0 spiro atoms. The van der Waals surface area contributed by atoms with Gasteiger partial charge in [0, 0.05) is 16.3 Å². The third-order valence-electron chi connectivity index (χ3n) is 5.12. The first-order valence-electron chi connectivity index (χ1n) is 10.8. The molecule has 3 aromatic rings. The molecule has 3 rings (SSSR count). The van der Waals surface area contributed by atoms with Crippen LogP contribution in [0.4, 0.5) is 22.7 Å². The van der Waals surface area contributed by atoms with Crippen LogP contribution in [0.15, 0.2) is 67.5 Å². The van der Waals surface area contributed by atoms with Crippen molar-refractivity contribution in [3.8, 4) is 5.75 Å². The Balaban J connectivity index is 0.00000462. The van der Waals surface area contributed by atoms with Gasteiger partial charge in [-0.1, -0.05) is 75.5 Å². The summed E-state index contributed by atoms with van der Waals surface area (Å²) in [6.45, 7) is 0. The summed E-state index contributed by atoms with van der Waals surface area (Å²) < 4.78 is 67.5. The summed E-state index contributed by atoms with van der Waals surface area (Å²) in [6.07, 6.45) is 0. The number of azo groups is 1. The van der Waals surface area contributed by atoms with E-state index in [0.717, 1.165) is 24.3 Å². The number of rotatable bonds is 10. The fourth-order valence-corrected chi connectivity index (χ4v) is 5.27. The van der Waals surface area contributed by atoms with Crippen LogP contribution < -0.4 is 74.6 Å². The largest absolute Gasteiger partial charge is 1.00 e. The molecular formula is C22H16Br4N4Na2O9S2. The number of hydrogen-bond acceptors (Lipinski definition) is 10. The van der Waals surface area contributed by atoms with E-state index in [1.807, 2.05) is 0 Å². The van der Waals surface area contributed by atoms with Gasteiger partial charge in [-0.3, -0.25) is 18.9 Å². The maximum atomic E-state index is 13.3. The molecule has 21 heteroatoms. The maximum absolute atomic E-state index is 13.3. The minimum Gasteiger partial charge on any atom is -0.871 e. The van der Waals surface area contributed by atoms with Crippen LogP contribution >= 0.6 is 63.7 Å². The average molecular weight is 910 g/mol. The van der Waals surface area contributed by atoms with E-state index >= 15 is 0 Å². The van der Waals surface area contributed by atoms with Gasteiger partial charge in [0.2, 0.25) is 5.91 Å². The molecular weight excluding hydrogens is 894 g/mol. The van der Waals surface area contributed by atoms with E-state index in [0.29, 0.717) is 5.33 Å². The van der Waals surface area contributed by atoms with Crippen molar-refractivity contribution >= 4 is 129 Å². The SMILES string of the molecule is O=C(Nc1ccc2cc(S(=O)(=O)O)c(N=Nc3cc(N=C([O-])C(Br)CBr)ccc3S(=O)(=O)O)c([O-])c2c1)C(Br)CBr.[Na+].[Na+]. The molecule has 2 unspecified atom stereocenters. The zero-order chi connectivity index (χ0) is 30.7. The van der Waals surface area contributed by atoms with E-state index in [2.05, 4.69) is 84.3 Å². The topological polar surface area (TPSA) is 221 Å². The second-order valence-corrected chi connectivity index (χ2v) is 14.3. The number of aliphatic imine (C=N–C) groups is 1. The van der Waals surface area contributed by atoms with Crippen LogP contribution in [-0.4, -0.2) is 58.1 Å². The Bertz CT molecular complexity index is 1800. The Labute approximate surface area is 324 Å². The number of halogens is 4. The Hall–Kier alpha value is 0. The molecule has 2 atom stereocenters. The smallest absolute Gasteiger partial charge is 0.871 e. The van der Waals surface area contributed by atoms with Crippen LogP contribution in [0.5, 0.6) is 5.75 Å². The summed E-state index contributed by atoms with van der Waals surface area (Å²) in [7, 11) is -9.95. The van der Waals surface area contributed by atoms with Gasteiger partial charge in [0.05, 0.1) is 16.2 Å². The van der Waals surface area contributed by atoms with Gasteiger partial charge in [0.1, 0.15) is 20.3 Å². The zero-order valence-electron chi connectivity index (χ0n) is 22.0. The van der Waals surface area contributed by atoms with Gasteiger partial charge in [-0.2, -0.15) is 16.8 Å². The fourth-order valence-electron chi connectivity index (χ4n) is 3.23. The minimum absolute atomic E-state index is 0. The van der Waals surface area contributed by atoms with Gasteiger partial charge in [0.25, 0.3) is 20.2 Å². The van der Waals surface area contributed by atoms with Crippen LogP contribution in [0, 0.1) is 0 Å². The molecule has 220 valence electrons. The molecule has 0 heterocycles. The summed E-state index contributed by atoms with van der Waals surface area (Å²) in [5, 5.41) is 35.8. The maximum Gasteiger partial charge on any atom is 1.00 e. The minimum atomic E-state index is -5.05. The van der Waals surface area contributed by atoms with Gasteiger partial charge >= 0.3 is 59.1 Å². The molecule has 0 aliphatic heterocycles. The number of anilines is 1. The Morgan fingerprint density at radius 2 is 1.49 bits per heavy atom. The summed E-state index contributed by atoms with van der Waals surface area (Å²) in [4.78, 5) is 13.0. The van der Waals surface area contributed by atoms with Crippen molar-refractivity contribution in [2.75, 3.05) is 16.0 Å². The summed E-state index contributed by atoms with van der Waals surface area (Å²) in [6, 6.07) is 7.90. The van der Waals surface area contributed by atoms with Crippen molar-refractivity contribution in [2.24, 2.45) is 15.2 Å². The Morgan fingerprint density at radius 3 is 2.05 bits per heavy atom. The third kappa shape index (κ3) is 10.8. The van der Waals surface area contributed by atoms with Crippen LogP contribution in [-0.2, 0) is 25.0 Å². The van der Waals surface area contributed by atoms with Crippen molar-refractivity contribution in [2.45, 2.75) is 19.4 Å². The van der Waals surface area contributed by atoms with Gasteiger partial charge in [-0.25, -0.2) is 0 Å². The normalized spacial score (nSPS) is 13.7. The summed E-state index contributed by atoms with van der Waals surface area (Å²) >= 11 is 12.5. The fraction of sp³-hybridized carbons (Fsp3) is 0.182. The van der Waals surface area contributed by atoms with Crippen molar-refractivity contribution in [1.82, 2.24) is 0 Å². The third-order valence-corrected chi connectivity index (χ3v) is 11.4. The summed E-state index contributed by atoms with van der Waals surface area (Å²) in [5.41, 5.74) is -1.38. The zero-order valence-corrected chi connectivity index (χ0v) is 34.0. The van der Waals surface area contributed by atoms with Crippen molar-refractivity contribution in [3.63, 3.8) is 0 Å². The molecule has 0 aliphatic rings. The van der Waals surface area contributed by atoms with E-state index < -0.39 is 68.6 Å². The number of carbonyl (C=O) groups excluding carboxylic acids is 1. The standard InChI is InChI=1S/C22H18Br4N4O9S2.2Na/c23-8-14(25)21(32)27-11-2-1-10-5-18(41(37,38)39)19(20(31)13(10)6-11)30-29-16-7-12(28-22(33)15(26)9-24)3-4-17(16)40(34,35)36;;/h1-7,14-15,31H,8-9H2,(H,27,32)(H,28,33)(H,34,35,36)(H,37,38,39);;/q;2*+1/p-2. The van der Waals surface area contributed by atoms with Crippen molar-refractivity contribution in [3.05, 3.63) is 42.5 Å². The van der Waals surface area contributed by atoms with Crippen LogP contribution in [0.1, 0.15) is 0 Å². The van der Waals surface area contributed by atoms with Crippen LogP contribution in [0.25, 0.3) is 10.8 Å². The number of amides is 1. The van der Waals surface area contributed by atoms with Gasteiger partial charge in [0.15, 0.2) is 0 Å². The first kappa shape index (κ1) is 41.0. The second-order valence-electron chi connectivity index (χ2n) is 7.97. The molecule has 0 radical (unpaired) electrons. The van der Waals surface area contributed by atoms with Gasteiger partial charge < -0.3 is 15.5 Å². The molecule has 1 amide bonds. The number of benzene rings is 3. The number of alkyl halides is 4. The Morgan fingerprint density at radius 1 is 0.884 bits per heavy atom. The first-order valence-corrected chi connectivity index (χ1v) is 17.8. The number of hydrogen-bond donors (Lipinski definition) is 3. The molecule has 0 bridgehead atoms. The van der Waals surface area contributed by atoms with Gasteiger partial charge in [-0.05, 0) is 53.1 Å². The molecule has 3 N–H and O–H groups in total. The molecule has 0 aromatic heterocycles. The number of nitrogens with zero attached hydrogens (tertiary/aromatic N) is 3. The van der Waals surface area contributed by atoms with Gasteiger partial charge in [-0.15, -0.1) is 10.2 Å². The molecule has 3 aromatic carbocycles. The van der Waals surface area contributed by atoms with E-state index in [4.69, 9.17) is 0 Å².